The molecule has 0 saturated carbocycles. The third kappa shape index (κ3) is 6.12. The maximum atomic E-state index is 13.6. The van der Waals surface area contributed by atoms with Crippen molar-refractivity contribution in [2.24, 2.45) is 0 Å². The van der Waals surface area contributed by atoms with Gasteiger partial charge in [0.25, 0.3) is 10.0 Å². The number of hydrogen-bond acceptors (Lipinski definition) is 8. The van der Waals surface area contributed by atoms with Crippen molar-refractivity contribution in [2.75, 3.05) is 44.6 Å². The van der Waals surface area contributed by atoms with Gasteiger partial charge in [-0.15, -0.1) is 0 Å². The van der Waals surface area contributed by atoms with Gasteiger partial charge in [0.15, 0.2) is 11.5 Å². The molecule has 0 spiro atoms. The van der Waals surface area contributed by atoms with Crippen LogP contribution >= 0.6 is 0 Å². The van der Waals surface area contributed by atoms with Gasteiger partial charge in [-0.25, -0.2) is 13.2 Å². The van der Waals surface area contributed by atoms with Crippen molar-refractivity contribution in [1.29, 1.82) is 0 Å². The molecule has 1 amide bonds. The average Bonchev–Trinajstić information content (AvgIpc) is 2.91. The van der Waals surface area contributed by atoms with E-state index in [1.165, 1.54) is 58.8 Å². The van der Waals surface area contributed by atoms with E-state index < -0.39 is 28.4 Å². The Bertz CT molecular complexity index is 1390. The molecule has 0 saturated heterocycles. The first-order valence-electron chi connectivity index (χ1n) is 11.0. The second-order valence-electron chi connectivity index (χ2n) is 7.82. The summed E-state index contributed by atoms with van der Waals surface area (Å²) in [5, 5.41) is 2.60. The van der Waals surface area contributed by atoms with Crippen molar-refractivity contribution >= 4 is 33.3 Å². The summed E-state index contributed by atoms with van der Waals surface area (Å²) in [5.41, 5.74) is 1.17. The van der Waals surface area contributed by atoms with Gasteiger partial charge in [-0.2, -0.15) is 0 Å². The zero-order valence-electron chi connectivity index (χ0n) is 21.1. The standard InChI is InChI=1S/C26H28N2O8S/c1-17-9-11-20(12-10-17)37(31,32)28(18-7-6-8-19(13-18)33-2)16-25(29)27-22-15-24(35-4)23(34-3)14-21(22)26(30)36-5/h6-15H,16H2,1-5H3,(H,27,29). The topological polar surface area (TPSA) is 120 Å². The minimum Gasteiger partial charge on any atom is -0.497 e. The smallest absolute Gasteiger partial charge is 0.340 e. The van der Waals surface area contributed by atoms with Crippen LogP contribution in [0.4, 0.5) is 11.4 Å². The Morgan fingerprint density at radius 1 is 0.865 bits per heavy atom. The lowest BCUT2D eigenvalue weighted by molar-refractivity contribution is -0.114. The lowest BCUT2D eigenvalue weighted by Crippen LogP contribution is -2.38. The summed E-state index contributed by atoms with van der Waals surface area (Å²) < 4.78 is 48.8. The van der Waals surface area contributed by atoms with E-state index in [4.69, 9.17) is 18.9 Å². The second-order valence-corrected chi connectivity index (χ2v) is 9.68. The summed E-state index contributed by atoms with van der Waals surface area (Å²) in [4.78, 5) is 25.6. The number of carbonyl (C=O) groups excluding carboxylic acids is 2. The highest BCUT2D eigenvalue weighted by Gasteiger charge is 2.28. The van der Waals surface area contributed by atoms with Crippen LogP contribution in [0.2, 0.25) is 0 Å². The van der Waals surface area contributed by atoms with Gasteiger partial charge < -0.3 is 24.3 Å². The Morgan fingerprint density at radius 2 is 1.51 bits per heavy atom. The van der Waals surface area contributed by atoms with Crippen molar-refractivity contribution in [3.05, 3.63) is 71.8 Å². The zero-order valence-corrected chi connectivity index (χ0v) is 21.9. The second kappa shape index (κ2) is 11.7. The largest absolute Gasteiger partial charge is 0.497 e. The van der Waals surface area contributed by atoms with E-state index in [9.17, 15) is 18.0 Å². The van der Waals surface area contributed by atoms with Gasteiger partial charge >= 0.3 is 5.97 Å². The van der Waals surface area contributed by atoms with Gasteiger partial charge in [0.2, 0.25) is 5.91 Å². The van der Waals surface area contributed by atoms with E-state index >= 15 is 0 Å². The van der Waals surface area contributed by atoms with Crippen molar-refractivity contribution < 1.29 is 37.0 Å². The fraction of sp³-hybridized carbons (Fsp3) is 0.231. The van der Waals surface area contributed by atoms with Gasteiger partial charge in [-0.1, -0.05) is 23.8 Å². The molecule has 0 aliphatic rings. The Labute approximate surface area is 215 Å². The first-order valence-corrected chi connectivity index (χ1v) is 12.5. The third-order valence-electron chi connectivity index (χ3n) is 5.44. The first-order chi connectivity index (χ1) is 17.6. The maximum absolute atomic E-state index is 13.6. The molecule has 10 nitrogen and oxygen atoms in total. The molecule has 0 radical (unpaired) electrons. The molecule has 0 aliphatic carbocycles. The van der Waals surface area contributed by atoms with Crippen LogP contribution in [-0.4, -0.2) is 55.3 Å². The highest BCUT2D eigenvalue weighted by molar-refractivity contribution is 7.92. The van der Waals surface area contributed by atoms with E-state index in [0.29, 0.717) is 5.75 Å². The van der Waals surface area contributed by atoms with Crippen LogP contribution in [0.25, 0.3) is 0 Å². The van der Waals surface area contributed by atoms with Gasteiger partial charge in [-0.05, 0) is 31.2 Å². The van der Waals surface area contributed by atoms with E-state index in [0.717, 1.165) is 9.87 Å². The number of hydrogen-bond donors (Lipinski definition) is 1. The molecule has 0 bridgehead atoms. The summed E-state index contributed by atoms with van der Waals surface area (Å²) in [6, 6.07) is 15.4. The molecular weight excluding hydrogens is 500 g/mol. The number of carbonyl (C=O) groups is 2. The first kappa shape index (κ1) is 27.3. The molecule has 0 atom stereocenters. The van der Waals surface area contributed by atoms with Crippen LogP contribution in [0, 0.1) is 6.92 Å². The normalized spacial score (nSPS) is 10.8. The van der Waals surface area contributed by atoms with E-state index in [1.54, 1.807) is 30.3 Å². The van der Waals surface area contributed by atoms with Crippen LogP contribution in [0.5, 0.6) is 17.2 Å². The maximum Gasteiger partial charge on any atom is 0.340 e. The fourth-order valence-electron chi connectivity index (χ4n) is 3.50. The van der Waals surface area contributed by atoms with Crippen molar-refractivity contribution in [1.82, 2.24) is 0 Å². The molecular formula is C26H28N2O8S. The predicted molar refractivity (Wildman–Crippen MR) is 138 cm³/mol. The number of esters is 1. The molecule has 3 aromatic rings. The number of amides is 1. The summed E-state index contributed by atoms with van der Waals surface area (Å²) in [5.74, 6) is -0.526. The molecule has 3 aromatic carbocycles. The molecule has 0 unspecified atom stereocenters. The van der Waals surface area contributed by atoms with Crippen molar-refractivity contribution in [3.63, 3.8) is 0 Å². The number of nitrogens with one attached hydrogen (secondary N) is 1. The van der Waals surface area contributed by atoms with Gasteiger partial charge in [-0.3, -0.25) is 9.10 Å². The Morgan fingerprint density at radius 3 is 2.11 bits per heavy atom. The number of nitrogens with zero attached hydrogens (tertiary/aromatic N) is 1. The molecule has 0 aliphatic heterocycles. The Kier molecular flexibility index (Phi) is 8.61. The molecule has 196 valence electrons. The number of sulfonamides is 1. The Balaban J connectivity index is 2.03. The number of aryl methyl sites for hydroxylation is 1. The number of anilines is 2. The van der Waals surface area contributed by atoms with Crippen LogP contribution in [-0.2, 0) is 19.6 Å². The third-order valence-corrected chi connectivity index (χ3v) is 7.23. The SMILES string of the molecule is COC(=O)c1cc(OC)c(OC)cc1NC(=O)CN(c1cccc(OC)c1)S(=O)(=O)c1ccc(C)cc1. The summed E-state index contributed by atoms with van der Waals surface area (Å²) >= 11 is 0. The summed E-state index contributed by atoms with van der Waals surface area (Å²) in [6.07, 6.45) is 0. The van der Waals surface area contributed by atoms with Crippen molar-refractivity contribution in [2.45, 2.75) is 11.8 Å². The lowest BCUT2D eigenvalue weighted by Gasteiger charge is -2.25. The van der Waals surface area contributed by atoms with Crippen LogP contribution < -0.4 is 23.8 Å². The van der Waals surface area contributed by atoms with E-state index in [-0.39, 0.29) is 33.3 Å². The molecule has 0 aromatic heterocycles. The number of ether oxygens (including phenoxy) is 4. The number of methoxy groups -OCH3 is 4. The van der Waals surface area contributed by atoms with Gasteiger partial charge in [0, 0.05) is 18.2 Å². The Hall–Kier alpha value is -4.25. The van der Waals surface area contributed by atoms with Gasteiger partial charge in [0.05, 0.1) is 50.3 Å². The van der Waals surface area contributed by atoms with Crippen LogP contribution in [0.1, 0.15) is 15.9 Å². The van der Waals surface area contributed by atoms with Gasteiger partial charge in [0.1, 0.15) is 12.3 Å². The predicted octanol–water partition coefficient (Wildman–Crippen LogP) is 3.64. The highest BCUT2D eigenvalue weighted by Crippen LogP contribution is 2.34. The van der Waals surface area contributed by atoms with E-state index in [2.05, 4.69) is 5.32 Å². The molecule has 3 rings (SSSR count). The zero-order chi connectivity index (χ0) is 27.2. The van der Waals surface area contributed by atoms with E-state index in [1.807, 2.05) is 6.92 Å². The summed E-state index contributed by atoms with van der Waals surface area (Å²) in [7, 11) is 1.30. The summed E-state index contributed by atoms with van der Waals surface area (Å²) in [6.45, 7) is 1.24. The monoisotopic (exact) mass is 528 g/mol. The minimum atomic E-state index is -4.16. The molecule has 0 fully saturated rings. The number of benzene rings is 3. The quantitative estimate of drug-likeness (QED) is 0.396. The highest BCUT2D eigenvalue weighted by atomic mass is 32.2. The number of rotatable bonds is 10. The van der Waals surface area contributed by atoms with Crippen LogP contribution in [0.3, 0.4) is 0 Å². The van der Waals surface area contributed by atoms with Crippen molar-refractivity contribution in [3.8, 4) is 17.2 Å². The fourth-order valence-corrected chi connectivity index (χ4v) is 4.91. The van der Waals surface area contributed by atoms with Crippen LogP contribution in [0.15, 0.2) is 65.6 Å². The molecule has 1 N–H and O–H groups in total. The molecule has 37 heavy (non-hydrogen) atoms. The molecule has 11 heteroatoms. The molecule has 0 heterocycles. The lowest BCUT2D eigenvalue weighted by atomic mass is 10.1. The average molecular weight is 529 g/mol. The minimum absolute atomic E-state index is 0.00261.